The van der Waals surface area contributed by atoms with Crippen LogP contribution in [0.4, 0.5) is 0 Å². The van der Waals surface area contributed by atoms with Gasteiger partial charge >= 0.3 is 0 Å². The quantitative estimate of drug-likeness (QED) is 0.215. The number of thiophene rings is 1. The smallest absolute Gasteiger partial charge is 0.0356 e. The molecule has 3 heteroatoms. The molecule has 0 bridgehead atoms. The van der Waals surface area contributed by atoms with E-state index in [1.807, 2.05) is 35.5 Å². The van der Waals surface area contributed by atoms with Crippen molar-refractivity contribution in [3.05, 3.63) is 128 Å². The van der Waals surface area contributed by atoms with Crippen LogP contribution in [0.2, 0.25) is 0 Å². The Morgan fingerprint density at radius 1 is 0.526 bits per heavy atom. The van der Waals surface area contributed by atoms with Gasteiger partial charge < -0.3 is 0 Å². The lowest BCUT2D eigenvalue weighted by Gasteiger charge is -2.17. The molecule has 0 aliphatic heterocycles. The van der Waals surface area contributed by atoms with Crippen LogP contribution in [0.5, 0.6) is 0 Å². The number of hydrogen-bond donors (Lipinski definition) is 0. The SMILES string of the molecule is c1ccc2cc(-c3c4ccccc4c(Sc4ccc5sc6ccccc6c5c4)c4ccncc34)ccc2c1. The molecule has 0 N–H and O–H groups in total. The lowest BCUT2D eigenvalue weighted by Crippen LogP contribution is -1.90. The number of aromatic nitrogens is 1. The van der Waals surface area contributed by atoms with Gasteiger partial charge in [0.1, 0.15) is 0 Å². The van der Waals surface area contributed by atoms with Crippen LogP contribution in [0, 0.1) is 0 Å². The Balaban J connectivity index is 1.37. The second-order valence-electron chi connectivity index (χ2n) is 9.59. The van der Waals surface area contributed by atoms with Crippen molar-refractivity contribution >= 4 is 75.6 Å². The van der Waals surface area contributed by atoms with E-state index in [9.17, 15) is 0 Å². The van der Waals surface area contributed by atoms with E-state index in [0.29, 0.717) is 0 Å². The summed E-state index contributed by atoms with van der Waals surface area (Å²) in [5.41, 5.74) is 2.47. The maximum atomic E-state index is 4.58. The average Bonchev–Trinajstić information content (AvgIpc) is 3.35. The van der Waals surface area contributed by atoms with Crippen molar-refractivity contribution in [1.29, 1.82) is 0 Å². The largest absolute Gasteiger partial charge is 0.264 e. The maximum Gasteiger partial charge on any atom is 0.0356 e. The highest BCUT2D eigenvalue weighted by Crippen LogP contribution is 2.46. The predicted octanol–water partition coefficient (Wildman–Crippen LogP) is 10.7. The molecule has 0 amide bonds. The van der Waals surface area contributed by atoms with E-state index < -0.39 is 0 Å². The molecule has 38 heavy (non-hydrogen) atoms. The van der Waals surface area contributed by atoms with Crippen molar-refractivity contribution in [2.24, 2.45) is 0 Å². The fraction of sp³-hybridized carbons (Fsp3) is 0. The highest BCUT2D eigenvalue weighted by Gasteiger charge is 2.17. The van der Waals surface area contributed by atoms with Crippen LogP contribution in [0.3, 0.4) is 0 Å². The Hall–Kier alpha value is -4.18. The predicted molar refractivity (Wildman–Crippen MR) is 166 cm³/mol. The number of benzene rings is 6. The van der Waals surface area contributed by atoms with Crippen molar-refractivity contribution in [2.75, 3.05) is 0 Å². The molecule has 8 rings (SSSR count). The third-order valence-corrected chi connectivity index (χ3v) is 9.67. The van der Waals surface area contributed by atoms with Gasteiger partial charge in [-0.05, 0) is 74.5 Å². The summed E-state index contributed by atoms with van der Waals surface area (Å²) >= 11 is 3.72. The van der Waals surface area contributed by atoms with Crippen LogP contribution in [0.25, 0.3) is 63.6 Å². The molecule has 0 aliphatic rings. The van der Waals surface area contributed by atoms with Crippen molar-refractivity contribution in [2.45, 2.75) is 9.79 Å². The number of fused-ring (bicyclic) bond motifs is 6. The van der Waals surface area contributed by atoms with E-state index >= 15 is 0 Å². The zero-order valence-corrected chi connectivity index (χ0v) is 22.0. The van der Waals surface area contributed by atoms with Crippen LogP contribution < -0.4 is 0 Å². The molecule has 0 aliphatic carbocycles. The summed E-state index contributed by atoms with van der Waals surface area (Å²) in [6, 6.07) is 41.9. The van der Waals surface area contributed by atoms with Gasteiger partial charge in [-0.2, -0.15) is 0 Å². The lowest BCUT2D eigenvalue weighted by atomic mass is 9.92. The van der Waals surface area contributed by atoms with E-state index in [4.69, 9.17) is 0 Å². The van der Waals surface area contributed by atoms with Gasteiger partial charge in [0.05, 0.1) is 0 Å². The van der Waals surface area contributed by atoms with E-state index in [0.717, 1.165) is 0 Å². The molecule has 0 unspecified atom stereocenters. The third-order valence-electron chi connectivity index (χ3n) is 7.38. The number of nitrogens with zero attached hydrogens (tertiary/aromatic N) is 1. The molecule has 2 aromatic heterocycles. The maximum absolute atomic E-state index is 4.58. The van der Waals surface area contributed by atoms with Crippen LogP contribution in [0.1, 0.15) is 0 Å². The first-order valence-corrected chi connectivity index (χ1v) is 14.3. The molecule has 0 radical (unpaired) electrons. The molecule has 0 atom stereocenters. The Morgan fingerprint density at radius 2 is 1.26 bits per heavy atom. The topological polar surface area (TPSA) is 12.9 Å². The van der Waals surface area contributed by atoms with Crippen molar-refractivity contribution in [1.82, 2.24) is 4.98 Å². The van der Waals surface area contributed by atoms with Crippen LogP contribution in [-0.4, -0.2) is 4.98 Å². The van der Waals surface area contributed by atoms with Crippen molar-refractivity contribution in [3.63, 3.8) is 0 Å². The highest BCUT2D eigenvalue weighted by molar-refractivity contribution is 7.99. The summed E-state index contributed by atoms with van der Waals surface area (Å²) in [7, 11) is 0. The average molecular weight is 520 g/mol. The van der Waals surface area contributed by atoms with Gasteiger partial charge in [-0.3, -0.25) is 4.98 Å². The molecule has 178 valence electrons. The van der Waals surface area contributed by atoms with Crippen LogP contribution >= 0.6 is 23.1 Å². The van der Waals surface area contributed by atoms with Gasteiger partial charge in [0.2, 0.25) is 0 Å². The lowest BCUT2D eigenvalue weighted by molar-refractivity contribution is 1.36. The zero-order valence-electron chi connectivity index (χ0n) is 20.4. The second kappa shape index (κ2) is 8.70. The monoisotopic (exact) mass is 519 g/mol. The van der Waals surface area contributed by atoms with Gasteiger partial charge in [0, 0.05) is 47.7 Å². The van der Waals surface area contributed by atoms with E-state index in [1.165, 1.54) is 73.4 Å². The fourth-order valence-corrected chi connectivity index (χ4v) is 7.84. The molecule has 0 saturated carbocycles. The molecule has 0 saturated heterocycles. The summed E-state index contributed by atoms with van der Waals surface area (Å²) in [5.74, 6) is 0. The number of hydrogen-bond acceptors (Lipinski definition) is 3. The Morgan fingerprint density at radius 3 is 2.18 bits per heavy atom. The zero-order chi connectivity index (χ0) is 25.1. The first-order valence-electron chi connectivity index (χ1n) is 12.7. The summed E-state index contributed by atoms with van der Waals surface area (Å²) in [6.45, 7) is 0. The summed E-state index contributed by atoms with van der Waals surface area (Å²) in [6.07, 6.45) is 3.95. The van der Waals surface area contributed by atoms with Gasteiger partial charge in [-0.25, -0.2) is 0 Å². The van der Waals surface area contributed by atoms with E-state index in [-0.39, 0.29) is 0 Å². The number of rotatable bonds is 3. The molecule has 8 aromatic rings. The Kier molecular flexibility index (Phi) is 5.00. The van der Waals surface area contributed by atoms with Gasteiger partial charge in [0.25, 0.3) is 0 Å². The minimum atomic E-state index is 1.19. The first-order chi connectivity index (χ1) is 18.8. The molecule has 1 nitrogen and oxygen atoms in total. The van der Waals surface area contributed by atoms with E-state index in [1.54, 1.807) is 0 Å². The molecule has 2 heterocycles. The number of pyridine rings is 1. The molecule has 0 spiro atoms. The Bertz CT molecular complexity index is 2120. The van der Waals surface area contributed by atoms with Crippen molar-refractivity contribution in [3.8, 4) is 11.1 Å². The second-order valence-corrected chi connectivity index (χ2v) is 11.8. The summed E-state index contributed by atoms with van der Waals surface area (Å²) in [4.78, 5) is 7.11. The summed E-state index contributed by atoms with van der Waals surface area (Å²) in [5, 5.41) is 10.1. The molecule has 6 aromatic carbocycles. The fourth-order valence-electron chi connectivity index (χ4n) is 5.63. The highest BCUT2D eigenvalue weighted by atomic mass is 32.2. The van der Waals surface area contributed by atoms with Crippen molar-refractivity contribution < 1.29 is 0 Å². The minimum Gasteiger partial charge on any atom is -0.264 e. The van der Waals surface area contributed by atoms with Crippen LogP contribution in [-0.2, 0) is 0 Å². The minimum absolute atomic E-state index is 1.19. The van der Waals surface area contributed by atoms with E-state index in [2.05, 4.69) is 120 Å². The summed E-state index contributed by atoms with van der Waals surface area (Å²) < 4.78 is 2.67. The molecular weight excluding hydrogens is 499 g/mol. The normalized spacial score (nSPS) is 11.8. The first kappa shape index (κ1) is 21.9. The molecule has 0 fully saturated rings. The van der Waals surface area contributed by atoms with Gasteiger partial charge in [-0.15, -0.1) is 11.3 Å². The van der Waals surface area contributed by atoms with Crippen LogP contribution in [0.15, 0.2) is 137 Å². The third kappa shape index (κ3) is 3.43. The van der Waals surface area contributed by atoms with Gasteiger partial charge in [0.15, 0.2) is 0 Å². The standard InChI is InChI=1S/C35H21NS2/c1-2-8-23-19-24(14-13-22(23)7-1)34-27-10-3-4-11-28(27)35(29-17-18-36-21-31(29)34)37-25-15-16-33-30(20-25)26-9-5-6-12-32(26)38-33/h1-21H. The molecular formula is C35H21NS2. The Labute approximate surface area is 228 Å². The van der Waals surface area contributed by atoms with Gasteiger partial charge in [-0.1, -0.05) is 90.6 Å².